The minimum atomic E-state index is 0. The molecule has 0 aromatic carbocycles. The molecule has 96 valence electrons. The Morgan fingerprint density at radius 2 is 2.25 bits per heavy atom. The van der Waals surface area contributed by atoms with E-state index in [4.69, 9.17) is 10.5 Å². The molecule has 1 aliphatic heterocycles. The minimum absolute atomic E-state index is 0. The molecular weight excluding hydrogens is 228 g/mol. The van der Waals surface area contributed by atoms with Crippen LogP contribution in [-0.2, 0) is 9.53 Å². The topological polar surface area (TPSA) is 55.6 Å². The van der Waals surface area contributed by atoms with Crippen LogP contribution in [0.2, 0.25) is 0 Å². The van der Waals surface area contributed by atoms with E-state index in [1.54, 1.807) is 0 Å². The second kappa shape index (κ2) is 7.09. The van der Waals surface area contributed by atoms with Crippen molar-refractivity contribution in [1.82, 2.24) is 4.90 Å². The number of nitrogens with two attached hydrogens (primary N) is 1. The number of amides is 1. The summed E-state index contributed by atoms with van der Waals surface area (Å²) in [5, 5.41) is 0. The van der Waals surface area contributed by atoms with Gasteiger partial charge in [0.15, 0.2) is 0 Å². The van der Waals surface area contributed by atoms with Crippen molar-refractivity contribution in [3.8, 4) is 0 Å². The van der Waals surface area contributed by atoms with Crippen molar-refractivity contribution in [3.05, 3.63) is 0 Å². The highest BCUT2D eigenvalue weighted by Crippen LogP contribution is 2.28. The van der Waals surface area contributed by atoms with Crippen LogP contribution in [0.4, 0.5) is 0 Å². The first kappa shape index (κ1) is 15.7. The number of carbonyl (C=O) groups is 1. The Kier molecular flexibility index (Phi) is 6.95. The molecule has 1 fully saturated rings. The maximum absolute atomic E-state index is 11.7. The fourth-order valence-corrected chi connectivity index (χ4v) is 1.80. The molecule has 1 rings (SSSR count). The molecule has 0 spiro atoms. The molecule has 4 nitrogen and oxygen atoms in total. The van der Waals surface area contributed by atoms with Gasteiger partial charge in [-0.25, -0.2) is 0 Å². The van der Waals surface area contributed by atoms with E-state index in [-0.39, 0.29) is 30.3 Å². The van der Waals surface area contributed by atoms with Gasteiger partial charge in [0, 0.05) is 19.7 Å². The Morgan fingerprint density at radius 1 is 1.56 bits per heavy atom. The molecule has 1 atom stereocenters. The van der Waals surface area contributed by atoms with E-state index in [9.17, 15) is 4.79 Å². The van der Waals surface area contributed by atoms with E-state index in [0.29, 0.717) is 13.2 Å². The second-order valence-corrected chi connectivity index (χ2v) is 4.63. The minimum Gasteiger partial charge on any atom is -0.372 e. The van der Waals surface area contributed by atoms with Crippen molar-refractivity contribution in [3.63, 3.8) is 0 Å². The molecule has 0 radical (unpaired) electrons. The number of halogens is 1. The van der Waals surface area contributed by atoms with Gasteiger partial charge in [-0.3, -0.25) is 4.79 Å². The molecule has 1 heterocycles. The van der Waals surface area contributed by atoms with Gasteiger partial charge < -0.3 is 15.4 Å². The van der Waals surface area contributed by atoms with Gasteiger partial charge in [-0.2, -0.15) is 0 Å². The molecule has 0 saturated carbocycles. The normalized spacial score (nSPS) is 24.3. The monoisotopic (exact) mass is 250 g/mol. The Balaban J connectivity index is 0.00000225. The Labute approximate surface area is 104 Å². The summed E-state index contributed by atoms with van der Waals surface area (Å²) in [6.45, 7) is 7.29. The summed E-state index contributed by atoms with van der Waals surface area (Å²) < 4.78 is 5.24. The first-order valence-corrected chi connectivity index (χ1v) is 5.67. The number of rotatable bonds is 5. The van der Waals surface area contributed by atoms with Crippen molar-refractivity contribution in [2.45, 2.75) is 26.7 Å². The van der Waals surface area contributed by atoms with E-state index < -0.39 is 0 Å². The quantitative estimate of drug-likeness (QED) is 0.742. The summed E-state index contributed by atoms with van der Waals surface area (Å²) in [5.74, 6) is 0.0978. The third-order valence-electron chi connectivity index (χ3n) is 2.98. The fraction of sp³-hybridized carbons (Fsp3) is 0.909. The molecule has 1 aliphatic rings. The SMILES string of the molecule is CCCOCC(=O)N1CCC(C)(CN)C1.Cl. The van der Waals surface area contributed by atoms with E-state index in [2.05, 4.69) is 6.92 Å². The van der Waals surface area contributed by atoms with Crippen molar-refractivity contribution >= 4 is 18.3 Å². The largest absolute Gasteiger partial charge is 0.372 e. The molecular formula is C11H23ClN2O2. The van der Waals surface area contributed by atoms with Crippen LogP contribution >= 0.6 is 12.4 Å². The summed E-state index contributed by atoms with van der Waals surface area (Å²) in [5.41, 5.74) is 5.79. The molecule has 1 unspecified atom stereocenters. The van der Waals surface area contributed by atoms with Crippen molar-refractivity contribution in [2.75, 3.05) is 32.8 Å². The van der Waals surface area contributed by atoms with Gasteiger partial charge in [-0.05, 0) is 24.8 Å². The lowest BCUT2D eigenvalue weighted by molar-refractivity contribution is -0.135. The Bertz CT molecular complexity index is 226. The number of ether oxygens (including phenoxy) is 1. The van der Waals surface area contributed by atoms with E-state index in [0.717, 1.165) is 25.9 Å². The lowest BCUT2D eigenvalue weighted by atomic mass is 9.90. The second-order valence-electron chi connectivity index (χ2n) is 4.63. The molecule has 16 heavy (non-hydrogen) atoms. The zero-order chi connectivity index (χ0) is 11.3. The van der Waals surface area contributed by atoms with Crippen molar-refractivity contribution < 1.29 is 9.53 Å². The number of nitrogens with zero attached hydrogens (tertiary/aromatic N) is 1. The molecule has 5 heteroatoms. The average molecular weight is 251 g/mol. The van der Waals surface area contributed by atoms with E-state index >= 15 is 0 Å². The van der Waals surface area contributed by atoms with Gasteiger partial charge >= 0.3 is 0 Å². The smallest absolute Gasteiger partial charge is 0.248 e. The molecule has 2 N–H and O–H groups in total. The summed E-state index contributed by atoms with van der Waals surface area (Å²) in [6.07, 6.45) is 1.96. The van der Waals surface area contributed by atoms with Gasteiger partial charge in [0.25, 0.3) is 0 Å². The summed E-state index contributed by atoms with van der Waals surface area (Å²) in [6, 6.07) is 0. The summed E-state index contributed by atoms with van der Waals surface area (Å²) in [7, 11) is 0. The predicted octanol–water partition coefficient (Wildman–Crippen LogP) is 1.03. The Morgan fingerprint density at radius 3 is 2.75 bits per heavy atom. The molecule has 0 aromatic rings. The van der Waals surface area contributed by atoms with Crippen molar-refractivity contribution in [2.24, 2.45) is 11.1 Å². The van der Waals surface area contributed by atoms with Crippen LogP contribution in [-0.4, -0.2) is 43.7 Å². The lowest BCUT2D eigenvalue weighted by Crippen LogP contribution is -2.36. The number of likely N-dealkylation sites (tertiary alicyclic amines) is 1. The molecule has 1 amide bonds. The first-order valence-electron chi connectivity index (χ1n) is 5.67. The van der Waals surface area contributed by atoms with Crippen molar-refractivity contribution in [1.29, 1.82) is 0 Å². The molecule has 0 aliphatic carbocycles. The zero-order valence-electron chi connectivity index (χ0n) is 10.2. The highest BCUT2D eigenvalue weighted by atomic mass is 35.5. The molecule has 0 aromatic heterocycles. The van der Waals surface area contributed by atoms with E-state index in [1.807, 2.05) is 11.8 Å². The summed E-state index contributed by atoms with van der Waals surface area (Å²) in [4.78, 5) is 13.5. The average Bonchev–Trinajstić information content (AvgIpc) is 2.62. The third kappa shape index (κ3) is 4.28. The fourth-order valence-electron chi connectivity index (χ4n) is 1.80. The highest BCUT2D eigenvalue weighted by Gasteiger charge is 2.34. The molecule has 1 saturated heterocycles. The van der Waals surface area contributed by atoms with Gasteiger partial charge in [-0.15, -0.1) is 12.4 Å². The number of hydrogen-bond donors (Lipinski definition) is 1. The maximum Gasteiger partial charge on any atom is 0.248 e. The lowest BCUT2D eigenvalue weighted by Gasteiger charge is -2.22. The standard InChI is InChI=1S/C11H22N2O2.ClH/c1-3-6-15-7-10(14)13-5-4-11(2,8-12)9-13;/h3-9,12H2,1-2H3;1H. The first-order chi connectivity index (χ1) is 7.11. The van der Waals surface area contributed by atoms with Crippen LogP contribution in [0.5, 0.6) is 0 Å². The Hall–Kier alpha value is -0.320. The van der Waals surface area contributed by atoms with Crippen LogP contribution in [0, 0.1) is 5.41 Å². The van der Waals surface area contributed by atoms with Crippen LogP contribution in [0.3, 0.4) is 0 Å². The number of carbonyl (C=O) groups excluding carboxylic acids is 1. The number of hydrogen-bond acceptors (Lipinski definition) is 3. The van der Waals surface area contributed by atoms with Crippen LogP contribution in [0.15, 0.2) is 0 Å². The van der Waals surface area contributed by atoms with Crippen LogP contribution in [0.25, 0.3) is 0 Å². The van der Waals surface area contributed by atoms with Gasteiger partial charge in [0.2, 0.25) is 5.91 Å². The van der Waals surface area contributed by atoms with Gasteiger partial charge in [0.05, 0.1) is 0 Å². The van der Waals surface area contributed by atoms with Crippen LogP contribution < -0.4 is 5.73 Å². The summed E-state index contributed by atoms with van der Waals surface area (Å²) >= 11 is 0. The molecule has 0 bridgehead atoms. The van der Waals surface area contributed by atoms with Gasteiger partial charge in [-0.1, -0.05) is 13.8 Å². The van der Waals surface area contributed by atoms with E-state index in [1.165, 1.54) is 0 Å². The predicted molar refractivity (Wildman–Crippen MR) is 66.7 cm³/mol. The maximum atomic E-state index is 11.7. The highest BCUT2D eigenvalue weighted by molar-refractivity contribution is 5.85. The van der Waals surface area contributed by atoms with Gasteiger partial charge in [0.1, 0.15) is 6.61 Å². The third-order valence-corrected chi connectivity index (χ3v) is 2.98. The zero-order valence-corrected chi connectivity index (χ0v) is 11.0. The van der Waals surface area contributed by atoms with Crippen LogP contribution in [0.1, 0.15) is 26.7 Å².